The van der Waals surface area contributed by atoms with Gasteiger partial charge in [-0.1, -0.05) is 0 Å². The van der Waals surface area contributed by atoms with E-state index in [0.29, 0.717) is 17.9 Å². The number of anilines is 2. The van der Waals surface area contributed by atoms with E-state index in [4.69, 9.17) is 9.84 Å². The van der Waals surface area contributed by atoms with Crippen molar-refractivity contribution in [3.63, 3.8) is 0 Å². The first-order chi connectivity index (χ1) is 13.5. The van der Waals surface area contributed by atoms with Crippen LogP contribution < -0.4 is 16.0 Å². The van der Waals surface area contributed by atoms with Crippen LogP contribution in [0.2, 0.25) is 0 Å². The summed E-state index contributed by atoms with van der Waals surface area (Å²) in [6, 6.07) is 8.94. The van der Waals surface area contributed by atoms with Crippen LogP contribution >= 0.6 is 0 Å². The number of benzene rings is 1. The number of pyridine rings is 1. The standard InChI is InChI=1S/C19H20N4O5/c24-17(12-3-8-16(18(25)26)20-10-12)22-13-4-6-14(7-5-13)23-19(27)21-11-15-2-1-9-28-15/h3-8,10,15H,1-2,9,11H2,(H,22,24)(H,25,26)(H2,21,23,27). The molecule has 0 saturated carbocycles. The Hall–Kier alpha value is -3.46. The number of carboxylic acid groups (broad SMARTS) is 1. The Morgan fingerprint density at radius 2 is 1.79 bits per heavy atom. The summed E-state index contributed by atoms with van der Waals surface area (Å²) in [7, 11) is 0. The Balaban J connectivity index is 1.49. The van der Waals surface area contributed by atoms with Gasteiger partial charge in [-0.15, -0.1) is 0 Å². The highest BCUT2D eigenvalue weighted by Gasteiger charge is 2.16. The Morgan fingerprint density at radius 3 is 2.36 bits per heavy atom. The third-order valence-electron chi connectivity index (χ3n) is 4.16. The van der Waals surface area contributed by atoms with Gasteiger partial charge in [0.05, 0.1) is 11.7 Å². The van der Waals surface area contributed by atoms with E-state index >= 15 is 0 Å². The van der Waals surface area contributed by atoms with E-state index in [9.17, 15) is 14.4 Å². The lowest BCUT2D eigenvalue weighted by atomic mass is 10.2. The van der Waals surface area contributed by atoms with Gasteiger partial charge in [-0.3, -0.25) is 4.79 Å². The van der Waals surface area contributed by atoms with Crippen LogP contribution in [0.15, 0.2) is 42.6 Å². The van der Waals surface area contributed by atoms with Crippen LogP contribution in [-0.2, 0) is 4.74 Å². The second-order valence-electron chi connectivity index (χ2n) is 6.24. The fourth-order valence-corrected chi connectivity index (χ4v) is 2.68. The van der Waals surface area contributed by atoms with Gasteiger partial charge >= 0.3 is 12.0 Å². The molecular weight excluding hydrogens is 364 g/mol. The third kappa shape index (κ3) is 5.27. The summed E-state index contributed by atoms with van der Waals surface area (Å²) in [6.07, 6.45) is 3.24. The van der Waals surface area contributed by atoms with Crippen LogP contribution in [0.5, 0.6) is 0 Å². The minimum Gasteiger partial charge on any atom is -0.477 e. The van der Waals surface area contributed by atoms with Gasteiger partial charge in [-0.2, -0.15) is 0 Å². The van der Waals surface area contributed by atoms with Crippen molar-refractivity contribution in [2.24, 2.45) is 0 Å². The molecule has 0 aliphatic carbocycles. The number of amides is 3. The zero-order valence-electron chi connectivity index (χ0n) is 15.0. The minimum atomic E-state index is -1.16. The number of ether oxygens (including phenoxy) is 1. The van der Waals surface area contributed by atoms with Crippen molar-refractivity contribution in [1.82, 2.24) is 10.3 Å². The number of carbonyl (C=O) groups is 3. The molecule has 146 valence electrons. The van der Waals surface area contributed by atoms with E-state index < -0.39 is 11.9 Å². The smallest absolute Gasteiger partial charge is 0.354 e. The summed E-state index contributed by atoms with van der Waals surface area (Å²) < 4.78 is 5.44. The van der Waals surface area contributed by atoms with Crippen LogP contribution in [-0.4, -0.2) is 47.3 Å². The number of aromatic nitrogens is 1. The first kappa shape index (κ1) is 19.3. The monoisotopic (exact) mass is 384 g/mol. The zero-order chi connectivity index (χ0) is 19.9. The SMILES string of the molecule is O=C(NCC1CCCO1)Nc1ccc(NC(=O)c2ccc(C(=O)O)nc2)cc1. The minimum absolute atomic E-state index is 0.0717. The highest BCUT2D eigenvalue weighted by atomic mass is 16.5. The molecule has 1 aliphatic heterocycles. The van der Waals surface area contributed by atoms with Crippen molar-refractivity contribution >= 4 is 29.3 Å². The average molecular weight is 384 g/mol. The largest absolute Gasteiger partial charge is 0.477 e. The number of urea groups is 1. The van der Waals surface area contributed by atoms with Gasteiger partial charge in [0.25, 0.3) is 5.91 Å². The molecule has 9 heteroatoms. The van der Waals surface area contributed by atoms with Crippen molar-refractivity contribution in [2.45, 2.75) is 18.9 Å². The van der Waals surface area contributed by atoms with Crippen molar-refractivity contribution in [3.8, 4) is 0 Å². The highest BCUT2D eigenvalue weighted by molar-refractivity contribution is 6.04. The highest BCUT2D eigenvalue weighted by Crippen LogP contribution is 2.15. The molecule has 2 aromatic rings. The maximum Gasteiger partial charge on any atom is 0.354 e. The summed E-state index contributed by atoms with van der Waals surface area (Å²) >= 11 is 0. The van der Waals surface area contributed by atoms with Gasteiger partial charge in [0, 0.05) is 30.7 Å². The van der Waals surface area contributed by atoms with Crippen LogP contribution in [0, 0.1) is 0 Å². The van der Waals surface area contributed by atoms with Crippen molar-refractivity contribution in [3.05, 3.63) is 53.9 Å². The molecule has 0 spiro atoms. The van der Waals surface area contributed by atoms with Gasteiger partial charge in [-0.05, 0) is 49.2 Å². The van der Waals surface area contributed by atoms with E-state index in [-0.39, 0.29) is 23.4 Å². The Bertz CT molecular complexity index is 846. The molecule has 1 unspecified atom stereocenters. The number of carbonyl (C=O) groups excluding carboxylic acids is 2. The topological polar surface area (TPSA) is 130 Å². The second kappa shape index (κ2) is 8.96. The summed E-state index contributed by atoms with van der Waals surface area (Å²) in [6.45, 7) is 1.20. The summed E-state index contributed by atoms with van der Waals surface area (Å²) in [5, 5.41) is 17.0. The number of carboxylic acids is 1. The molecule has 1 fully saturated rings. The van der Waals surface area contributed by atoms with E-state index in [1.165, 1.54) is 18.3 Å². The summed E-state index contributed by atoms with van der Waals surface area (Å²) in [5.74, 6) is -1.57. The molecule has 0 radical (unpaired) electrons. The van der Waals surface area contributed by atoms with Gasteiger partial charge < -0.3 is 25.8 Å². The van der Waals surface area contributed by atoms with Crippen LogP contribution in [0.1, 0.15) is 33.7 Å². The predicted molar refractivity (Wildman–Crippen MR) is 102 cm³/mol. The molecule has 9 nitrogen and oxygen atoms in total. The van der Waals surface area contributed by atoms with Gasteiger partial charge in [-0.25, -0.2) is 14.6 Å². The number of aromatic carboxylic acids is 1. The fourth-order valence-electron chi connectivity index (χ4n) is 2.68. The molecular formula is C19H20N4O5. The first-order valence-corrected chi connectivity index (χ1v) is 8.78. The summed E-state index contributed by atoms with van der Waals surface area (Å²) in [5.41, 5.74) is 1.21. The van der Waals surface area contributed by atoms with Gasteiger partial charge in [0.2, 0.25) is 0 Å². The second-order valence-corrected chi connectivity index (χ2v) is 6.24. The van der Waals surface area contributed by atoms with Crippen molar-refractivity contribution < 1.29 is 24.2 Å². The summed E-state index contributed by atoms with van der Waals surface area (Å²) in [4.78, 5) is 38.6. The number of hydrogen-bond acceptors (Lipinski definition) is 5. The molecule has 1 saturated heterocycles. The molecule has 28 heavy (non-hydrogen) atoms. The maximum absolute atomic E-state index is 12.2. The molecule has 3 rings (SSSR count). The zero-order valence-corrected chi connectivity index (χ0v) is 15.0. The van der Waals surface area contributed by atoms with E-state index in [0.717, 1.165) is 19.4 Å². The first-order valence-electron chi connectivity index (χ1n) is 8.78. The van der Waals surface area contributed by atoms with Crippen molar-refractivity contribution in [2.75, 3.05) is 23.8 Å². The molecule has 4 N–H and O–H groups in total. The molecule has 0 bridgehead atoms. The van der Waals surface area contributed by atoms with Crippen LogP contribution in [0.3, 0.4) is 0 Å². The van der Waals surface area contributed by atoms with Gasteiger partial charge in [0.1, 0.15) is 5.69 Å². The Kier molecular flexibility index (Phi) is 6.18. The third-order valence-corrected chi connectivity index (χ3v) is 4.16. The van der Waals surface area contributed by atoms with E-state index in [2.05, 4.69) is 20.9 Å². The van der Waals surface area contributed by atoms with E-state index in [1.54, 1.807) is 24.3 Å². The number of nitrogens with one attached hydrogen (secondary N) is 3. The van der Waals surface area contributed by atoms with E-state index in [1.807, 2.05) is 0 Å². The molecule has 1 aromatic carbocycles. The lowest BCUT2D eigenvalue weighted by Crippen LogP contribution is -2.35. The number of nitrogens with zero attached hydrogens (tertiary/aromatic N) is 1. The Labute approximate surface area is 161 Å². The predicted octanol–water partition coefficient (Wildman–Crippen LogP) is 2.33. The Morgan fingerprint density at radius 1 is 1.07 bits per heavy atom. The lowest BCUT2D eigenvalue weighted by Gasteiger charge is -2.12. The maximum atomic E-state index is 12.2. The fraction of sp³-hybridized carbons (Fsp3) is 0.263. The quantitative estimate of drug-likeness (QED) is 0.605. The number of rotatable bonds is 6. The molecule has 1 aliphatic rings. The molecule has 1 atom stereocenters. The number of hydrogen-bond donors (Lipinski definition) is 4. The van der Waals surface area contributed by atoms with Crippen LogP contribution in [0.4, 0.5) is 16.2 Å². The molecule has 2 heterocycles. The van der Waals surface area contributed by atoms with Crippen LogP contribution in [0.25, 0.3) is 0 Å². The van der Waals surface area contributed by atoms with Gasteiger partial charge in [0.15, 0.2) is 0 Å². The normalized spacial score (nSPS) is 15.6. The average Bonchev–Trinajstić information content (AvgIpc) is 3.21. The lowest BCUT2D eigenvalue weighted by molar-refractivity contribution is 0.0690. The van der Waals surface area contributed by atoms with Crippen molar-refractivity contribution in [1.29, 1.82) is 0 Å². The molecule has 1 aromatic heterocycles. The molecule has 3 amide bonds.